The summed E-state index contributed by atoms with van der Waals surface area (Å²) >= 11 is 6.07. The van der Waals surface area contributed by atoms with Gasteiger partial charge in [0.05, 0.1) is 20.8 Å². The molecule has 124 valence electrons. The average Bonchev–Trinajstić information content (AvgIpc) is 3.21. The van der Waals surface area contributed by atoms with Crippen molar-refractivity contribution >= 4 is 54.9 Å². The molecule has 0 aliphatic carbocycles. The van der Waals surface area contributed by atoms with Crippen LogP contribution in [0, 0.1) is 10.1 Å². The summed E-state index contributed by atoms with van der Waals surface area (Å²) in [7, 11) is 0. The van der Waals surface area contributed by atoms with E-state index in [2.05, 4.69) is 36.4 Å². The van der Waals surface area contributed by atoms with Crippen LogP contribution < -0.4 is 0 Å². The number of fused-ring (bicyclic) bond motifs is 1. The second-order valence-corrected chi connectivity index (χ2v) is 8.00. The molecular weight excluding hydrogens is 428 g/mol. The van der Waals surface area contributed by atoms with Crippen LogP contribution in [0.4, 0.5) is 5.69 Å². The first-order valence-electron chi connectivity index (χ1n) is 6.87. The molecule has 0 fully saturated rings. The Kier molecular flexibility index (Phi) is 4.19. The van der Waals surface area contributed by atoms with Gasteiger partial charge in [-0.25, -0.2) is 4.98 Å². The largest absolute Gasteiger partial charge is 0.270 e. The molecule has 2 heterocycles. The number of nitrogens with zero attached hydrogens (tertiary/aromatic N) is 6. The smallest absolute Gasteiger partial charge is 0.258 e. The fourth-order valence-corrected chi connectivity index (χ4v) is 4.37. The quantitative estimate of drug-likeness (QED) is 0.352. The molecule has 0 saturated carbocycles. The molecule has 2 aromatic carbocycles. The number of non-ortho nitro benzene ring substituents is 1. The molecule has 0 unspecified atom stereocenters. The predicted octanol–water partition coefficient (Wildman–Crippen LogP) is 4.09. The molecular formula is C14H7BrN6O2S2. The zero-order valence-corrected chi connectivity index (χ0v) is 15.5. The SMILES string of the molecule is O=[N+]([O-])c1ccc2nc(Sc3nnnn3-c3ccc(Br)cc3)sc2c1. The van der Waals surface area contributed by atoms with Crippen LogP contribution in [0.3, 0.4) is 0 Å². The fourth-order valence-electron chi connectivity index (χ4n) is 2.11. The first-order valence-corrected chi connectivity index (χ1v) is 9.30. The van der Waals surface area contributed by atoms with Gasteiger partial charge in [-0.05, 0) is 52.5 Å². The van der Waals surface area contributed by atoms with Gasteiger partial charge in [-0.15, -0.1) is 16.4 Å². The number of aromatic nitrogens is 5. The minimum Gasteiger partial charge on any atom is -0.258 e. The normalized spacial score (nSPS) is 11.1. The summed E-state index contributed by atoms with van der Waals surface area (Å²) in [4.78, 5) is 14.9. The highest BCUT2D eigenvalue weighted by Gasteiger charge is 2.15. The van der Waals surface area contributed by atoms with Gasteiger partial charge in [0.2, 0.25) is 5.16 Å². The summed E-state index contributed by atoms with van der Waals surface area (Å²) in [6.45, 7) is 0. The van der Waals surface area contributed by atoms with E-state index >= 15 is 0 Å². The minimum absolute atomic E-state index is 0.0485. The van der Waals surface area contributed by atoms with Crippen LogP contribution in [0.5, 0.6) is 0 Å². The summed E-state index contributed by atoms with van der Waals surface area (Å²) in [5, 5.41) is 23.2. The van der Waals surface area contributed by atoms with E-state index in [4.69, 9.17) is 0 Å². The van der Waals surface area contributed by atoms with Crippen LogP contribution in [0.2, 0.25) is 0 Å². The highest BCUT2D eigenvalue weighted by molar-refractivity contribution is 9.10. The predicted molar refractivity (Wildman–Crippen MR) is 97.3 cm³/mol. The number of thiazole rings is 1. The summed E-state index contributed by atoms with van der Waals surface area (Å²) in [6, 6.07) is 12.2. The maximum atomic E-state index is 10.9. The van der Waals surface area contributed by atoms with E-state index in [9.17, 15) is 10.1 Å². The monoisotopic (exact) mass is 434 g/mol. The van der Waals surface area contributed by atoms with E-state index in [1.807, 2.05) is 24.3 Å². The second-order valence-electron chi connectivity index (χ2n) is 4.84. The third-order valence-corrected chi connectivity index (χ3v) is 5.80. The maximum absolute atomic E-state index is 10.9. The van der Waals surface area contributed by atoms with Crippen molar-refractivity contribution in [2.75, 3.05) is 0 Å². The van der Waals surface area contributed by atoms with Crippen LogP contribution in [-0.4, -0.2) is 30.1 Å². The molecule has 11 heteroatoms. The lowest BCUT2D eigenvalue weighted by atomic mass is 10.3. The number of hydrogen-bond acceptors (Lipinski definition) is 8. The van der Waals surface area contributed by atoms with Crippen LogP contribution in [0.25, 0.3) is 15.9 Å². The molecule has 4 aromatic rings. The summed E-state index contributed by atoms with van der Waals surface area (Å²) < 4.78 is 4.04. The summed E-state index contributed by atoms with van der Waals surface area (Å²) in [6.07, 6.45) is 0. The number of nitro benzene ring substituents is 1. The van der Waals surface area contributed by atoms with E-state index in [1.165, 1.54) is 35.2 Å². The molecule has 0 spiro atoms. The van der Waals surface area contributed by atoms with Gasteiger partial charge in [0.1, 0.15) is 0 Å². The van der Waals surface area contributed by atoms with Crippen molar-refractivity contribution in [2.45, 2.75) is 9.50 Å². The third-order valence-electron chi connectivity index (χ3n) is 3.25. The lowest BCUT2D eigenvalue weighted by Crippen LogP contribution is -1.98. The highest BCUT2D eigenvalue weighted by atomic mass is 79.9. The Balaban J connectivity index is 1.67. The molecule has 0 amide bonds. The highest BCUT2D eigenvalue weighted by Crippen LogP contribution is 2.35. The van der Waals surface area contributed by atoms with Gasteiger partial charge >= 0.3 is 0 Å². The maximum Gasteiger partial charge on any atom is 0.270 e. The van der Waals surface area contributed by atoms with Crippen molar-refractivity contribution < 1.29 is 4.92 Å². The van der Waals surface area contributed by atoms with Crippen molar-refractivity contribution in [2.24, 2.45) is 0 Å². The van der Waals surface area contributed by atoms with Crippen molar-refractivity contribution in [3.63, 3.8) is 0 Å². The van der Waals surface area contributed by atoms with Crippen LogP contribution in [0.15, 0.2) is 56.4 Å². The van der Waals surface area contributed by atoms with Gasteiger partial charge in [0, 0.05) is 16.6 Å². The number of hydrogen-bond donors (Lipinski definition) is 0. The molecule has 0 saturated heterocycles. The third kappa shape index (κ3) is 3.25. The first kappa shape index (κ1) is 16.1. The van der Waals surface area contributed by atoms with E-state index in [0.29, 0.717) is 15.0 Å². The van der Waals surface area contributed by atoms with Crippen LogP contribution >= 0.6 is 39.0 Å². The van der Waals surface area contributed by atoms with Crippen molar-refractivity contribution in [1.82, 2.24) is 25.2 Å². The Bertz CT molecular complexity index is 1080. The minimum atomic E-state index is -0.417. The molecule has 4 rings (SSSR count). The number of tetrazole rings is 1. The molecule has 0 radical (unpaired) electrons. The van der Waals surface area contributed by atoms with E-state index in [-0.39, 0.29) is 5.69 Å². The van der Waals surface area contributed by atoms with Gasteiger partial charge in [-0.2, -0.15) is 4.68 Å². The Morgan fingerprint density at radius 1 is 1.20 bits per heavy atom. The van der Waals surface area contributed by atoms with E-state index in [1.54, 1.807) is 10.7 Å². The molecule has 0 aliphatic heterocycles. The molecule has 2 aromatic heterocycles. The molecule has 0 aliphatic rings. The van der Waals surface area contributed by atoms with Crippen molar-refractivity contribution in [3.8, 4) is 5.69 Å². The van der Waals surface area contributed by atoms with Gasteiger partial charge in [-0.1, -0.05) is 15.9 Å². The van der Waals surface area contributed by atoms with Gasteiger partial charge in [0.15, 0.2) is 4.34 Å². The van der Waals surface area contributed by atoms with E-state index < -0.39 is 4.92 Å². The second kappa shape index (κ2) is 6.50. The number of benzene rings is 2. The van der Waals surface area contributed by atoms with Gasteiger partial charge < -0.3 is 0 Å². The van der Waals surface area contributed by atoms with Crippen LogP contribution in [-0.2, 0) is 0 Å². The lowest BCUT2D eigenvalue weighted by molar-refractivity contribution is -0.384. The Labute approximate surface area is 157 Å². The Morgan fingerprint density at radius 3 is 2.76 bits per heavy atom. The number of rotatable bonds is 4. The van der Waals surface area contributed by atoms with Crippen molar-refractivity contribution in [1.29, 1.82) is 0 Å². The number of nitro groups is 1. The fraction of sp³-hybridized carbons (Fsp3) is 0. The molecule has 8 nitrogen and oxygen atoms in total. The Morgan fingerprint density at radius 2 is 2.00 bits per heavy atom. The first-order chi connectivity index (χ1) is 12.1. The van der Waals surface area contributed by atoms with Crippen LogP contribution in [0.1, 0.15) is 0 Å². The summed E-state index contributed by atoms with van der Waals surface area (Å²) in [5.74, 6) is 0. The average molecular weight is 435 g/mol. The van der Waals surface area contributed by atoms with Gasteiger partial charge in [0.25, 0.3) is 5.69 Å². The molecule has 0 N–H and O–H groups in total. The molecule has 25 heavy (non-hydrogen) atoms. The zero-order chi connectivity index (χ0) is 17.4. The van der Waals surface area contributed by atoms with E-state index in [0.717, 1.165) is 14.9 Å². The molecule has 0 bridgehead atoms. The van der Waals surface area contributed by atoms with Crippen molar-refractivity contribution in [3.05, 3.63) is 57.1 Å². The zero-order valence-electron chi connectivity index (χ0n) is 12.2. The topological polar surface area (TPSA) is 99.6 Å². The van der Waals surface area contributed by atoms with Gasteiger partial charge in [-0.3, -0.25) is 10.1 Å². The Hall–Kier alpha value is -2.37. The lowest BCUT2D eigenvalue weighted by Gasteiger charge is -2.02. The number of halogens is 1. The molecule has 0 atom stereocenters. The standard InChI is InChI=1S/C14H7BrN6O2S2/c15-8-1-3-9(4-2-8)20-13(17-18-19-20)25-14-16-11-6-5-10(21(22)23)7-12(11)24-14/h1-7H. The summed E-state index contributed by atoms with van der Waals surface area (Å²) in [5.41, 5.74) is 1.58.